The molecule has 5 rings (SSSR count). The van der Waals surface area contributed by atoms with Gasteiger partial charge in [-0.3, -0.25) is 0 Å². The Morgan fingerprint density at radius 3 is 2.08 bits per heavy atom. The van der Waals surface area contributed by atoms with E-state index in [1.165, 1.54) is 44.2 Å². The van der Waals surface area contributed by atoms with Crippen LogP contribution in [0.1, 0.15) is 16.7 Å². The van der Waals surface area contributed by atoms with E-state index < -0.39 is 0 Å². The number of benzene rings is 4. The van der Waals surface area contributed by atoms with Crippen molar-refractivity contribution in [2.45, 2.75) is 0 Å². The summed E-state index contributed by atoms with van der Waals surface area (Å²) < 4.78 is 0. The lowest BCUT2D eigenvalue weighted by Crippen LogP contribution is -1.85. The van der Waals surface area contributed by atoms with Crippen LogP contribution in [0.5, 0.6) is 0 Å². The Morgan fingerprint density at radius 1 is 0.500 bits per heavy atom. The summed E-state index contributed by atoms with van der Waals surface area (Å²) in [5.74, 6) is 0. The first-order valence-corrected chi connectivity index (χ1v) is 8.30. The molecule has 0 saturated carbocycles. The van der Waals surface area contributed by atoms with Crippen LogP contribution < -0.4 is 0 Å². The zero-order valence-electron chi connectivity index (χ0n) is 13.2. The molecule has 0 N–H and O–H groups in total. The highest BCUT2D eigenvalue weighted by atomic mass is 14.3. The van der Waals surface area contributed by atoms with Crippen LogP contribution in [0.15, 0.2) is 91.0 Å². The van der Waals surface area contributed by atoms with Crippen LogP contribution in [0.4, 0.5) is 0 Å². The second-order valence-electron chi connectivity index (χ2n) is 6.22. The summed E-state index contributed by atoms with van der Waals surface area (Å²) in [5.41, 5.74) is 7.92. The van der Waals surface area contributed by atoms with E-state index in [2.05, 4.69) is 97.1 Å². The Balaban J connectivity index is 1.88. The fourth-order valence-corrected chi connectivity index (χ4v) is 3.74. The third kappa shape index (κ3) is 1.93. The van der Waals surface area contributed by atoms with Gasteiger partial charge in [-0.05, 0) is 50.2 Å². The van der Waals surface area contributed by atoms with E-state index in [0.717, 1.165) is 0 Å². The first-order valence-electron chi connectivity index (χ1n) is 8.30. The zero-order chi connectivity index (χ0) is 15.9. The summed E-state index contributed by atoms with van der Waals surface area (Å²) >= 11 is 0. The highest BCUT2D eigenvalue weighted by Crippen LogP contribution is 2.47. The SMILES string of the molecule is C(=C1c2ccccc2-c2ccc3ccccc3c21)c1ccccc1. The minimum Gasteiger partial charge on any atom is -0.0622 e. The van der Waals surface area contributed by atoms with Crippen LogP contribution >= 0.6 is 0 Å². The average molecular weight is 304 g/mol. The summed E-state index contributed by atoms with van der Waals surface area (Å²) in [5, 5.41) is 2.62. The molecule has 24 heavy (non-hydrogen) atoms. The Labute approximate surface area is 141 Å². The standard InChI is InChI=1S/C24H16/c1-2-8-17(9-3-1)16-23-21-13-7-6-12-20(21)22-15-14-18-10-4-5-11-19(18)24(22)23/h1-16H. The summed E-state index contributed by atoms with van der Waals surface area (Å²) in [6.45, 7) is 0. The molecule has 0 nitrogen and oxygen atoms in total. The third-order valence-corrected chi connectivity index (χ3v) is 4.82. The van der Waals surface area contributed by atoms with Gasteiger partial charge in [-0.1, -0.05) is 91.0 Å². The Morgan fingerprint density at radius 2 is 1.21 bits per heavy atom. The number of rotatable bonds is 1. The van der Waals surface area contributed by atoms with E-state index in [0.29, 0.717) is 0 Å². The minimum atomic E-state index is 1.24. The summed E-state index contributed by atoms with van der Waals surface area (Å²) in [6.07, 6.45) is 2.32. The normalized spacial score (nSPS) is 13.9. The van der Waals surface area contributed by atoms with Crippen molar-refractivity contribution in [3.8, 4) is 11.1 Å². The number of fused-ring (bicyclic) bond motifs is 5. The van der Waals surface area contributed by atoms with E-state index in [9.17, 15) is 0 Å². The van der Waals surface area contributed by atoms with Crippen molar-refractivity contribution in [3.05, 3.63) is 108 Å². The van der Waals surface area contributed by atoms with Crippen LogP contribution in [0, 0.1) is 0 Å². The van der Waals surface area contributed by atoms with E-state index in [1.54, 1.807) is 0 Å². The van der Waals surface area contributed by atoms with E-state index in [4.69, 9.17) is 0 Å². The molecule has 0 amide bonds. The minimum absolute atomic E-state index is 1.24. The van der Waals surface area contributed by atoms with Gasteiger partial charge in [0, 0.05) is 0 Å². The lowest BCUT2D eigenvalue weighted by molar-refractivity contribution is 1.64. The summed E-state index contributed by atoms with van der Waals surface area (Å²) in [7, 11) is 0. The Bertz CT molecular complexity index is 1090. The van der Waals surface area contributed by atoms with Gasteiger partial charge in [-0.15, -0.1) is 0 Å². The second kappa shape index (κ2) is 5.21. The molecule has 0 unspecified atom stereocenters. The molecule has 0 spiro atoms. The first-order chi connectivity index (χ1) is 11.9. The van der Waals surface area contributed by atoms with Crippen LogP contribution in [0.3, 0.4) is 0 Å². The quantitative estimate of drug-likeness (QED) is 0.336. The fourth-order valence-electron chi connectivity index (χ4n) is 3.74. The van der Waals surface area contributed by atoms with Crippen LogP contribution in [0.25, 0.3) is 33.5 Å². The van der Waals surface area contributed by atoms with Crippen molar-refractivity contribution in [1.29, 1.82) is 0 Å². The summed E-state index contributed by atoms with van der Waals surface area (Å²) in [4.78, 5) is 0. The molecule has 0 aromatic heterocycles. The molecular weight excluding hydrogens is 288 g/mol. The van der Waals surface area contributed by atoms with Gasteiger partial charge in [0.1, 0.15) is 0 Å². The fraction of sp³-hybridized carbons (Fsp3) is 0. The molecule has 0 heterocycles. The molecule has 4 aromatic carbocycles. The lowest BCUT2D eigenvalue weighted by atomic mass is 9.95. The number of hydrogen-bond donors (Lipinski definition) is 0. The molecule has 1 aliphatic rings. The molecule has 112 valence electrons. The third-order valence-electron chi connectivity index (χ3n) is 4.82. The van der Waals surface area contributed by atoms with Gasteiger partial charge < -0.3 is 0 Å². The van der Waals surface area contributed by atoms with Crippen LogP contribution in [0.2, 0.25) is 0 Å². The van der Waals surface area contributed by atoms with Crippen molar-refractivity contribution in [1.82, 2.24) is 0 Å². The van der Waals surface area contributed by atoms with Crippen molar-refractivity contribution in [2.75, 3.05) is 0 Å². The molecule has 0 fully saturated rings. The van der Waals surface area contributed by atoms with E-state index in [1.807, 2.05) is 0 Å². The first kappa shape index (κ1) is 13.3. The molecular formula is C24H16. The van der Waals surface area contributed by atoms with Crippen molar-refractivity contribution in [3.63, 3.8) is 0 Å². The van der Waals surface area contributed by atoms with Gasteiger partial charge in [0.15, 0.2) is 0 Å². The zero-order valence-corrected chi connectivity index (χ0v) is 13.2. The van der Waals surface area contributed by atoms with Gasteiger partial charge in [0.25, 0.3) is 0 Å². The predicted molar refractivity (Wildman–Crippen MR) is 103 cm³/mol. The summed E-state index contributed by atoms with van der Waals surface area (Å²) in [6, 6.07) is 32.5. The van der Waals surface area contributed by atoms with Crippen molar-refractivity contribution in [2.24, 2.45) is 0 Å². The Kier molecular flexibility index (Phi) is 2.89. The second-order valence-corrected chi connectivity index (χ2v) is 6.22. The van der Waals surface area contributed by atoms with Gasteiger partial charge in [-0.2, -0.15) is 0 Å². The molecule has 1 aliphatic carbocycles. The van der Waals surface area contributed by atoms with E-state index >= 15 is 0 Å². The Hall–Kier alpha value is -3.12. The molecule has 0 aliphatic heterocycles. The molecule has 0 heteroatoms. The molecule has 0 radical (unpaired) electrons. The molecule has 0 bridgehead atoms. The molecule has 0 atom stereocenters. The van der Waals surface area contributed by atoms with Gasteiger partial charge in [0.2, 0.25) is 0 Å². The highest BCUT2D eigenvalue weighted by Gasteiger charge is 2.24. The van der Waals surface area contributed by atoms with Crippen molar-refractivity contribution >= 4 is 22.4 Å². The highest BCUT2D eigenvalue weighted by molar-refractivity contribution is 6.14. The van der Waals surface area contributed by atoms with Crippen molar-refractivity contribution < 1.29 is 0 Å². The largest absolute Gasteiger partial charge is 0.0622 e. The average Bonchev–Trinajstić information content (AvgIpc) is 2.97. The van der Waals surface area contributed by atoms with Gasteiger partial charge in [-0.25, -0.2) is 0 Å². The topological polar surface area (TPSA) is 0 Å². The maximum atomic E-state index is 2.32. The lowest BCUT2D eigenvalue weighted by Gasteiger charge is -2.08. The molecule has 4 aromatic rings. The smallest absolute Gasteiger partial charge is 0.00201 e. The predicted octanol–water partition coefficient (Wildman–Crippen LogP) is 6.41. The van der Waals surface area contributed by atoms with Crippen LogP contribution in [-0.2, 0) is 0 Å². The van der Waals surface area contributed by atoms with Gasteiger partial charge in [0.05, 0.1) is 0 Å². The molecule has 0 saturated heterocycles. The number of hydrogen-bond acceptors (Lipinski definition) is 0. The van der Waals surface area contributed by atoms with Gasteiger partial charge >= 0.3 is 0 Å². The maximum Gasteiger partial charge on any atom is -0.00201 e. The van der Waals surface area contributed by atoms with E-state index in [-0.39, 0.29) is 0 Å². The van der Waals surface area contributed by atoms with Crippen LogP contribution in [-0.4, -0.2) is 0 Å². The monoisotopic (exact) mass is 304 g/mol. The maximum absolute atomic E-state index is 2.32.